The molecule has 2 aliphatic carbocycles. The molecule has 0 spiro atoms. The first-order chi connectivity index (χ1) is 11.4. The molecule has 0 heterocycles. The highest BCUT2D eigenvalue weighted by atomic mass is 16.3. The molecule has 0 fully saturated rings. The van der Waals surface area contributed by atoms with Gasteiger partial charge in [0.15, 0.2) is 5.78 Å². The highest BCUT2D eigenvalue weighted by molar-refractivity contribution is 6.21. The van der Waals surface area contributed by atoms with Gasteiger partial charge in [0.05, 0.1) is 5.56 Å². The van der Waals surface area contributed by atoms with Crippen LogP contribution in [0.25, 0.3) is 5.57 Å². The SMILES string of the molecule is C=C1c2c(C)cccc2C(=O)c2c(O)c3c(c(C)c21)CC[C@H](C)C3. The first kappa shape index (κ1) is 15.2. The lowest BCUT2D eigenvalue weighted by Gasteiger charge is -2.31. The molecule has 0 saturated carbocycles. The zero-order valence-corrected chi connectivity index (χ0v) is 14.5. The van der Waals surface area contributed by atoms with Crippen molar-refractivity contribution in [1.29, 1.82) is 0 Å². The summed E-state index contributed by atoms with van der Waals surface area (Å²) >= 11 is 0. The van der Waals surface area contributed by atoms with Gasteiger partial charge in [0.25, 0.3) is 0 Å². The summed E-state index contributed by atoms with van der Waals surface area (Å²) in [5, 5.41) is 10.9. The van der Waals surface area contributed by atoms with Gasteiger partial charge >= 0.3 is 0 Å². The van der Waals surface area contributed by atoms with Gasteiger partial charge in [0.2, 0.25) is 0 Å². The highest BCUT2D eigenvalue weighted by Gasteiger charge is 2.35. The van der Waals surface area contributed by atoms with Crippen LogP contribution in [0.3, 0.4) is 0 Å². The normalized spacial score (nSPS) is 18.9. The Morgan fingerprint density at radius 3 is 2.62 bits per heavy atom. The van der Waals surface area contributed by atoms with Crippen molar-refractivity contribution < 1.29 is 9.90 Å². The predicted molar refractivity (Wildman–Crippen MR) is 96.8 cm³/mol. The molecule has 0 bridgehead atoms. The fourth-order valence-electron chi connectivity index (χ4n) is 4.49. The zero-order chi connectivity index (χ0) is 17.2. The maximum atomic E-state index is 13.1. The van der Waals surface area contributed by atoms with E-state index >= 15 is 0 Å². The van der Waals surface area contributed by atoms with E-state index in [2.05, 4.69) is 20.4 Å². The van der Waals surface area contributed by atoms with Gasteiger partial charge in [-0.1, -0.05) is 31.7 Å². The van der Waals surface area contributed by atoms with Crippen molar-refractivity contribution in [2.75, 3.05) is 0 Å². The molecule has 0 radical (unpaired) electrons. The number of carbonyl (C=O) groups is 1. The van der Waals surface area contributed by atoms with E-state index in [-0.39, 0.29) is 11.5 Å². The lowest BCUT2D eigenvalue weighted by Crippen LogP contribution is -2.21. The first-order valence-electron chi connectivity index (χ1n) is 8.63. The summed E-state index contributed by atoms with van der Waals surface area (Å²) in [7, 11) is 0. The molecule has 2 heteroatoms. The number of ketones is 1. The van der Waals surface area contributed by atoms with E-state index in [1.807, 2.05) is 25.1 Å². The smallest absolute Gasteiger partial charge is 0.198 e. The molecular formula is C22H22O2. The third kappa shape index (κ3) is 1.86. The van der Waals surface area contributed by atoms with Gasteiger partial charge < -0.3 is 5.11 Å². The molecule has 0 aliphatic heterocycles. The average molecular weight is 318 g/mol. The van der Waals surface area contributed by atoms with Crippen LogP contribution >= 0.6 is 0 Å². The lowest BCUT2D eigenvalue weighted by molar-refractivity contribution is 0.103. The van der Waals surface area contributed by atoms with Crippen LogP contribution in [0.15, 0.2) is 24.8 Å². The topological polar surface area (TPSA) is 37.3 Å². The van der Waals surface area contributed by atoms with Crippen molar-refractivity contribution in [3.8, 4) is 5.75 Å². The van der Waals surface area contributed by atoms with Gasteiger partial charge in [0, 0.05) is 5.56 Å². The van der Waals surface area contributed by atoms with E-state index in [4.69, 9.17) is 0 Å². The summed E-state index contributed by atoms with van der Waals surface area (Å²) < 4.78 is 0. The van der Waals surface area contributed by atoms with Gasteiger partial charge in [-0.3, -0.25) is 4.79 Å². The number of hydrogen-bond donors (Lipinski definition) is 1. The Morgan fingerprint density at radius 1 is 1.12 bits per heavy atom. The van der Waals surface area contributed by atoms with E-state index in [0.717, 1.165) is 52.7 Å². The fraction of sp³-hybridized carbons (Fsp3) is 0.318. The number of hydrogen-bond acceptors (Lipinski definition) is 2. The van der Waals surface area contributed by atoms with Crippen LogP contribution < -0.4 is 0 Å². The molecular weight excluding hydrogens is 296 g/mol. The minimum atomic E-state index is -0.0715. The van der Waals surface area contributed by atoms with Gasteiger partial charge in [-0.25, -0.2) is 0 Å². The molecule has 4 rings (SSSR count). The minimum Gasteiger partial charge on any atom is -0.507 e. The van der Waals surface area contributed by atoms with Gasteiger partial charge in [-0.15, -0.1) is 0 Å². The molecule has 0 amide bonds. The molecule has 24 heavy (non-hydrogen) atoms. The van der Waals surface area contributed by atoms with Crippen LogP contribution in [0.2, 0.25) is 0 Å². The number of carbonyl (C=O) groups excluding carboxylic acids is 1. The predicted octanol–water partition coefficient (Wildman–Crippen LogP) is 4.74. The van der Waals surface area contributed by atoms with E-state index in [1.165, 1.54) is 5.56 Å². The third-order valence-corrected chi connectivity index (χ3v) is 5.75. The van der Waals surface area contributed by atoms with Crippen molar-refractivity contribution in [3.05, 3.63) is 69.3 Å². The van der Waals surface area contributed by atoms with Crippen LogP contribution in [-0.2, 0) is 12.8 Å². The number of aryl methyl sites for hydroxylation is 1. The number of phenols is 1. The molecule has 0 aromatic heterocycles. The summed E-state index contributed by atoms with van der Waals surface area (Å²) in [6.07, 6.45) is 2.93. The van der Waals surface area contributed by atoms with E-state index in [9.17, 15) is 9.90 Å². The maximum absolute atomic E-state index is 13.1. The van der Waals surface area contributed by atoms with Crippen LogP contribution in [0.4, 0.5) is 0 Å². The number of rotatable bonds is 0. The number of benzene rings is 2. The van der Waals surface area contributed by atoms with E-state index < -0.39 is 0 Å². The summed E-state index contributed by atoms with van der Waals surface area (Å²) in [5.41, 5.74) is 8.15. The van der Waals surface area contributed by atoms with Crippen LogP contribution in [-0.4, -0.2) is 10.9 Å². The molecule has 2 nitrogen and oxygen atoms in total. The van der Waals surface area contributed by atoms with Gasteiger partial charge in [-0.05, 0) is 78.0 Å². The highest BCUT2D eigenvalue weighted by Crippen LogP contribution is 2.46. The number of phenolic OH excluding ortho intramolecular Hbond substituents is 1. The Labute approximate surface area is 142 Å². The third-order valence-electron chi connectivity index (χ3n) is 5.75. The Bertz CT molecular complexity index is 918. The largest absolute Gasteiger partial charge is 0.507 e. The second-order valence-electron chi connectivity index (χ2n) is 7.33. The lowest BCUT2D eigenvalue weighted by atomic mass is 9.72. The van der Waals surface area contributed by atoms with Crippen molar-refractivity contribution in [1.82, 2.24) is 0 Å². The molecule has 2 aliphatic rings. The fourth-order valence-corrected chi connectivity index (χ4v) is 4.49. The maximum Gasteiger partial charge on any atom is 0.198 e. The Morgan fingerprint density at radius 2 is 1.88 bits per heavy atom. The number of aromatic hydroxyl groups is 1. The van der Waals surface area contributed by atoms with Crippen molar-refractivity contribution in [2.45, 2.75) is 40.0 Å². The van der Waals surface area contributed by atoms with Crippen LogP contribution in [0.5, 0.6) is 5.75 Å². The Balaban J connectivity index is 2.07. The van der Waals surface area contributed by atoms with Crippen molar-refractivity contribution in [3.63, 3.8) is 0 Å². The van der Waals surface area contributed by atoms with E-state index in [0.29, 0.717) is 17.0 Å². The molecule has 0 saturated heterocycles. The molecule has 0 unspecified atom stereocenters. The molecule has 1 N–H and O–H groups in total. The second-order valence-corrected chi connectivity index (χ2v) is 7.33. The molecule has 2 aromatic rings. The van der Waals surface area contributed by atoms with Crippen LogP contribution in [0.1, 0.15) is 62.6 Å². The van der Waals surface area contributed by atoms with E-state index in [1.54, 1.807) is 0 Å². The summed E-state index contributed by atoms with van der Waals surface area (Å²) in [5.74, 6) is 0.658. The monoisotopic (exact) mass is 318 g/mol. The molecule has 122 valence electrons. The molecule has 1 atom stereocenters. The quantitative estimate of drug-likeness (QED) is 0.650. The first-order valence-corrected chi connectivity index (χ1v) is 8.63. The summed E-state index contributed by atoms with van der Waals surface area (Å²) in [6, 6.07) is 5.75. The summed E-state index contributed by atoms with van der Waals surface area (Å²) in [4.78, 5) is 13.1. The standard InChI is InChI=1S/C22H22O2/c1-11-8-9-15-13(3)19-14(4)18-12(2)6-5-7-16(18)21(23)20(19)22(24)17(15)10-11/h5-7,11,24H,4,8-10H2,1-3H3/t11-/m0/s1. The van der Waals surface area contributed by atoms with Crippen LogP contribution in [0, 0.1) is 19.8 Å². The average Bonchev–Trinajstić information content (AvgIpc) is 2.55. The minimum absolute atomic E-state index is 0.0715. The van der Waals surface area contributed by atoms with Gasteiger partial charge in [-0.2, -0.15) is 0 Å². The molecule has 2 aromatic carbocycles. The van der Waals surface area contributed by atoms with Crippen molar-refractivity contribution in [2.24, 2.45) is 5.92 Å². The number of fused-ring (bicyclic) bond motifs is 3. The zero-order valence-electron chi connectivity index (χ0n) is 14.5. The second kappa shape index (κ2) is 5.07. The summed E-state index contributed by atoms with van der Waals surface area (Å²) in [6.45, 7) is 10.6. The van der Waals surface area contributed by atoms with Gasteiger partial charge in [0.1, 0.15) is 5.75 Å². The van der Waals surface area contributed by atoms with Crippen molar-refractivity contribution >= 4 is 11.4 Å². The Hall–Kier alpha value is -2.35. The Kier molecular flexibility index (Phi) is 3.21.